The van der Waals surface area contributed by atoms with E-state index in [0.29, 0.717) is 38.0 Å². The number of rotatable bonds is 7. The van der Waals surface area contributed by atoms with Gasteiger partial charge in [0.15, 0.2) is 0 Å². The Morgan fingerprint density at radius 3 is 2.74 bits per heavy atom. The van der Waals surface area contributed by atoms with E-state index in [-0.39, 0.29) is 24.0 Å². The van der Waals surface area contributed by atoms with E-state index in [1.165, 1.54) is 0 Å². The molecule has 0 aliphatic carbocycles. The van der Waals surface area contributed by atoms with Gasteiger partial charge in [-0.25, -0.2) is 0 Å². The molecule has 6 nitrogen and oxygen atoms in total. The topological polar surface area (TPSA) is 93.5 Å². The van der Waals surface area contributed by atoms with Crippen LogP contribution in [0.25, 0.3) is 0 Å². The molecule has 1 aromatic rings. The minimum Gasteiger partial charge on any atom is -0.364 e. The van der Waals surface area contributed by atoms with Crippen molar-refractivity contribution < 1.29 is 14.3 Å². The van der Waals surface area contributed by atoms with E-state index in [1.54, 1.807) is 12.1 Å². The van der Waals surface area contributed by atoms with Crippen molar-refractivity contribution in [3.05, 3.63) is 34.3 Å². The molecule has 0 radical (unpaired) electrons. The molecule has 1 aliphatic heterocycles. The second kappa shape index (κ2) is 9.00. The summed E-state index contributed by atoms with van der Waals surface area (Å²) in [6, 6.07) is 7.21. The van der Waals surface area contributed by atoms with Gasteiger partial charge in [0.1, 0.15) is 6.10 Å². The van der Waals surface area contributed by atoms with Gasteiger partial charge in [0.2, 0.25) is 5.91 Å². The molecule has 0 aromatic heterocycles. The Bertz CT molecular complexity index is 553. The third kappa shape index (κ3) is 5.60. The summed E-state index contributed by atoms with van der Waals surface area (Å²) < 4.78 is 6.39. The highest BCUT2D eigenvalue weighted by molar-refractivity contribution is 9.10. The highest BCUT2D eigenvalue weighted by Gasteiger charge is 2.29. The van der Waals surface area contributed by atoms with E-state index >= 15 is 0 Å². The lowest BCUT2D eigenvalue weighted by atomic mass is 10.2. The van der Waals surface area contributed by atoms with E-state index in [9.17, 15) is 9.59 Å². The van der Waals surface area contributed by atoms with Gasteiger partial charge in [-0.05, 0) is 37.5 Å². The number of nitrogens with two attached hydrogens (primary N) is 1. The van der Waals surface area contributed by atoms with Gasteiger partial charge in [-0.2, -0.15) is 0 Å². The average Bonchev–Trinajstić information content (AvgIpc) is 3.03. The van der Waals surface area contributed by atoms with Crippen LogP contribution in [0.1, 0.15) is 29.6 Å². The summed E-state index contributed by atoms with van der Waals surface area (Å²) in [4.78, 5) is 23.8. The van der Waals surface area contributed by atoms with Crippen LogP contribution in [0.4, 0.5) is 0 Å². The van der Waals surface area contributed by atoms with Gasteiger partial charge in [0.25, 0.3) is 5.91 Å². The van der Waals surface area contributed by atoms with Crippen LogP contribution in [0, 0.1) is 0 Å². The molecule has 1 aliphatic rings. The zero-order valence-electron chi connectivity index (χ0n) is 12.9. The van der Waals surface area contributed by atoms with Crippen LogP contribution in [-0.4, -0.2) is 43.7 Å². The number of hydrogen-bond acceptors (Lipinski definition) is 4. The third-order valence-electron chi connectivity index (χ3n) is 3.69. The standard InChI is InChI=1S/C16H22BrN3O3/c17-12-4-1-3-11(9-12)15(21)19-7-2-8-20-16(22)14-6-5-13(10-18)23-14/h1,3-4,9,13-14H,2,5-8,10,18H2,(H,19,21)(H,20,22)/t13-,14+/m1/s1. The third-order valence-corrected chi connectivity index (χ3v) is 4.18. The number of nitrogens with one attached hydrogen (secondary N) is 2. The van der Waals surface area contributed by atoms with Crippen molar-refractivity contribution in [2.24, 2.45) is 5.73 Å². The lowest BCUT2D eigenvalue weighted by molar-refractivity contribution is -0.131. The second-order valence-electron chi connectivity index (χ2n) is 5.47. The van der Waals surface area contributed by atoms with Crippen molar-refractivity contribution in [1.29, 1.82) is 0 Å². The van der Waals surface area contributed by atoms with Crippen molar-refractivity contribution in [3.8, 4) is 0 Å². The quantitative estimate of drug-likeness (QED) is 0.616. The summed E-state index contributed by atoms with van der Waals surface area (Å²) in [5, 5.41) is 5.66. The Kier molecular flexibility index (Phi) is 7.01. The van der Waals surface area contributed by atoms with Crippen LogP contribution in [-0.2, 0) is 9.53 Å². The molecule has 4 N–H and O–H groups in total. The predicted molar refractivity (Wildman–Crippen MR) is 91.1 cm³/mol. The number of hydrogen-bond donors (Lipinski definition) is 3. The van der Waals surface area contributed by atoms with E-state index < -0.39 is 0 Å². The van der Waals surface area contributed by atoms with Crippen LogP contribution in [0.3, 0.4) is 0 Å². The fourth-order valence-corrected chi connectivity index (χ4v) is 2.82. The first kappa shape index (κ1) is 17.9. The first-order chi connectivity index (χ1) is 11.1. The lowest BCUT2D eigenvalue weighted by Crippen LogP contribution is -2.37. The van der Waals surface area contributed by atoms with Crippen molar-refractivity contribution in [3.63, 3.8) is 0 Å². The molecule has 1 heterocycles. The zero-order chi connectivity index (χ0) is 16.7. The molecule has 1 aromatic carbocycles. The van der Waals surface area contributed by atoms with E-state index in [1.807, 2.05) is 12.1 Å². The van der Waals surface area contributed by atoms with Crippen LogP contribution in [0.15, 0.2) is 28.7 Å². The van der Waals surface area contributed by atoms with Gasteiger partial charge < -0.3 is 21.1 Å². The second-order valence-corrected chi connectivity index (χ2v) is 6.39. The van der Waals surface area contributed by atoms with Gasteiger partial charge in [-0.1, -0.05) is 22.0 Å². The van der Waals surface area contributed by atoms with Crippen molar-refractivity contribution in [2.75, 3.05) is 19.6 Å². The van der Waals surface area contributed by atoms with Gasteiger partial charge in [0.05, 0.1) is 6.10 Å². The van der Waals surface area contributed by atoms with Crippen LogP contribution < -0.4 is 16.4 Å². The molecule has 1 saturated heterocycles. The minimum atomic E-state index is -0.389. The predicted octanol–water partition coefficient (Wildman–Crippen LogP) is 1.19. The summed E-state index contributed by atoms with van der Waals surface area (Å²) in [7, 11) is 0. The van der Waals surface area contributed by atoms with Crippen molar-refractivity contribution in [1.82, 2.24) is 10.6 Å². The van der Waals surface area contributed by atoms with Gasteiger partial charge in [-0.15, -0.1) is 0 Å². The monoisotopic (exact) mass is 383 g/mol. The molecule has 1 fully saturated rings. The molecular formula is C16H22BrN3O3. The smallest absolute Gasteiger partial charge is 0.251 e. The first-order valence-corrected chi connectivity index (χ1v) is 8.56. The molecule has 0 saturated carbocycles. The number of benzene rings is 1. The molecule has 2 rings (SSSR count). The van der Waals surface area contributed by atoms with Crippen molar-refractivity contribution >= 4 is 27.7 Å². The number of carbonyl (C=O) groups excluding carboxylic acids is 2. The van der Waals surface area contributed by atoms with E-state index in [2.05, 4.69) is 26.6 Å². The largest absolute Gasteiger partial charge is 0.364 e. The van der Waals surface area contributed by atoms with E-state index in [0.717, 1.165) is 10.9 Å². The highest BCUT2D eigenvalue weighted by atomic mass is 79.9. The summed E-state index contributed by atoms with van der Waals surface area (Å²) in [5.74, 6) is -0.221. The Morgan fingerprint density at radius 1 is 1.26 bits per heavy atom. The van der Waals surface area contributed by atoms with Gasteiger partial charge in [0, 0.05) is 29.7 Å². The van der Waals surface area contributed by atoms with Crippen LogP contribution in [0.2, 0.25) is 0 Å². The van der Waals surface area contributed by atoms with Crippen LogP contribution in [0.5, 0.6) is 0 Å². The number of carbonyl (C=O) groups is 2. The Labute approximate surface area is 144 Å². The summed E-state index contributed by atoms with van der Waals surface area (Å²) in [6.07, 6.45) is 1.82. The molecule has 0 spiro atoms. The molecule has 2 atom stereocenters. The summed E-state index contributed by atoms with van der Waals surface area (Å²) in [5.41, 5.74) is 6.13. The van der Waals surface area contributed by atoms with Gasteiger partial charge >= 0.3 is 0 Å². The number of amides is 2. The van der Waals surface area contributed by atoms with Crippen LogP contribution >= 0.6 is 15.9 Å². The fraction of sp³-hybridized carbons (Fsp3) is 0.500. The summed E-state index contributed by atoms with van der Waals surface area (Å²) in [6.45, 7) is 1.46. The maximum absolute atomic E-state index is 11.9. The molecule has 0 bridgehead atoms. The molecular weight excluding hydrogens is 362 g/mol. The zero-order valence-corrected chi connectivity index (χ0v) is 14.5. The lowest BCUT2D eigenvalue weighted by Gasteiger charge is -2.12. The van der Waals surface area contributed by atoms with Crippen molar-refractivity contribution in [2.45, 2.75) is 31.5 Å². The molecule has 7 heteroatoms. The summed E-state index contributed by atoms with van der Waals surface area (Å²) >= 11 is 3.33. The SMILES string of the molecule is NC[C@H]1CC[C@@H](C(=O)NCCCNC(=O)c2cccc(Br)c2)O1. The molecule has 23 heavy (non-hydrogen) atoms. The highest BCUT2D eigenvalue weighted by Crippen LogP contribution is 2.18. The Hall–Kier alpha value is -1.44. The maximum Gasteiger partial charge on any atom is 0.251 e. The van der Waals surface area contributed by atoms with E-state index in [4.69, 9.17) is 10.5 Å². The Morgan fingerprint density at radius 2 is 2.04 bits per heavy atom. The molecule has 2 amide bonds. The Balaban J connectivity index is 1.60. The minimum absolute atomic E-state index is 0.00441. The molecule has 0 unspecified atom stereocenters. The maximum atomic E-state index is 11.9. The number of ether oxygens (including phenoxy) is 1. The first-order valence-electron chi connectivity index (χ1n) is 7.77. The number of halogens is 1. The van der Waals surface area contributed by atoms with Gasteiger partial charge in [-0.3, -0.25) is 9.59 Å². The molecule has 126 valence electrons. The normalized spacial score (nSPS) is 20.3. The fourth-order valence-electron chi connectivity index (χ4n) is 2.42. The average molecular weight is 384 g/mol.